The molecule has 0 unspecified atom stereocenters. The van der Waals surface area contributed by atoms with Gasteiger partial charge in [0.15, 0.2) is 11.6 Å². The van der Waals surface area contributed by atoms with E-state index < -0.39 is 0 Å². The number of benzene rings is 7. The molecule has 0 radical (unpaired) electrons. The first kappa shape index (κ1) is 27.1. The first-order valence-electron chi connectivity index (χ1n) is 16.9. The van der Waals surface area contributed by atoms with Gasteiger partial charge in [-0.3, -0.25) is 4.57 Å². The molecule has 7 aromatic carbocycles. The molecule has 11 rings (SSSR count). The first-order chi connectivity index (χ1) is 24.8. The van der Waals surface area contributed by atoms with Crippen molar-refractivity contribution >= 4 is 59.9 Å². The summed E-state index contributed by atoms with van der Waals surface area (Å²) >= 11 is 0. The highest BCUT2D eigenvalue weighted by Crippen LogP contribution is 2.41. The predicted molar refractivity (Wildman–Crippen MR) is 205 cm³/mol. The van der Waals surface area contributed by atoms with Gasteiger partial charge in [0.05, 0.1) is 27.6 Å². The molecular formula is C45H27N5. The zero-order chi connectivity index (χ0) is 32.8. The second-order valence-electron chi connectivity index (χ2n) is 12.9. The van der Waals surface area contributed by atoms with Gasteiger partial charge in [-0.05, 0) is 35.4 Å². The van der Waals surface area contributed by atoms with Gasteiger partial charge in [0.1, 0.15) is 0 Å². The summed E-state index contributed by atoms with van der Waals surface area (Å²) in [6.45, 7) is 0. The highest BCUT2D eigenvalue weighted by atomic mass is 15.2. The van der Waals surface area contributed by atoms with Gasteiger partial charge in [-0.25, -0.2) is 4.98 Å². The van der Waals surface area contributed by atoms with Gasteiger partial charge >= 0.3 is 0 Å². The molecule has 0 aliphatic carbocycles. The standard InChI is InChI=1S/C45H27N5/c1-2-13-28(14-3-1)43-46-44(48-45(47-43)50-39-23-10-6-16-31(39)32-17-7-11-24-40(32)50)37-19-5-4-15-30(37)29-25-26-34-36-21-12-20-35-33-18-8-9-22-38(33)49(42(35)36)41(34)27-29/h1-27H. The van der Waals surface area contributed by atoms with Crippen LogP contribution in [0.2, 0.25) is 0 Å². The predicted octanol–water partition coefficient (Wildman–Crippen LogP) is 11.1. The summed E-state index contributed by atoms with van der Waals surface area (Å²) in [6.07, 6.45) is 0. The molecule has 0 spiro atoms. The maximum absolute atomic E-state index is 5.26. The van der Waals surface area contributed by atoms with Gasteiger partial charge in [0.2, 0.25) is 5.95 Å². The lowest BCUT2D eigenvalue weighted by Gasteiger charge is -2.13. The van der Waals surface area contributed by atoms with E-state index in [-0.39, 0.29) is 0 Å². The lowest BCUT2D eigenvalue weighted by Crippen LogP contribution is -2.06. The van der Waals surface area contributed by atoms with E-state index in [2.05, 4.69) is 155 Å². The van der Waals surface area contributed by atoms with Gasteiger partial charge in [-0.2, -0.15) is 9.97 Å². The van der Waals surface area contributed by atoms with Crippen LogP contribution in [0.25, 0.3) is 99.8 Å². The van der Waals surface area contributed by atoms with Crippen LogP contribution in [0.5, 0.6) is 0 Å². The Kier molecular flexibility index (Phi) is 5.60. The fourth-order valence-electron chi connectivity index (χ4n) is 7.97. The van der Waals surface area contributed by atoms with Crippen molar-refractivity contribution in [1.82, 2.24) is 23.9 Å². The van der Waals surface area contributed by atoms with E-state index in [4.69, 9.17) is 15.0 Å². The lowest BCUT2D eigenvalue weighted by molar-refractivity contribution is 0.953. The Balaban J connectivity index is 1.17. The SMILES string of the molecule is c1ccc(-c2nc(-c3ccccc3-c3ccc4c5cccc6c7ccccc7n(c4c3)c65)nc(-n3c4ccccc4c4ccccc43)n2)cc1. The minimum atomic E-state index is 0.590. The van der Waals surface area contributed by atoms with E-state index in [0.717, 1.165) is 44.1 Å². The maximum atomic E-state index is 5.26. The number of hydrogen-bond acceptors (Lipinski definition) is 3. The van der Waals surface area contributed by atoms with Crippen molar-refractivity contribution < 1.29 is 0 Å². The lowest BCUT2D eigenvalue weighted by atomic mass is 9.97. The Morgan fingerprint density at radius 3 is 1.60 bits per heavy atom. The average Bonchev–Trinajstić information content (AvgIpc) is 3.83. The quantitative estimate of drug-likeness (QED) is 0.193. The first-order valence-corrected chi connectivity index (χ1v) is 16.9. The topological polar surface area (TPSA) is 48.0 Å². The van der Waals surface area contributed by atoms with Gasteiger partial charge in [0.25, 0.3) is 0 Å². The van der Waals surface area contributed by atoms with E-state index in [1.165, 1.54) is 38.1 Å². The molecular weight excluding hydrogens is 611 g/mol. The molecule has 232 valence electrons. The molecule has 4 heterocycles. The van der Waals surface area contributed by atoms with Crippen LogP contribution in [0.4, 0.5) is 0 Å². The molecule has 0 saturated heterocycles. The summed E-state index contributed by atoms with van der Waals surface area (Å²) in [7, 11) is 0. The van der Waals surface area contributed by atoms with Crippen LogP contribution < -0.4 is 0 Å². The van der Waals surface area contributed by atoms with E-state index in [9.17, 15) is 0 Å². The van der Waals surface area contributed by atoms with Crippen LogP contribution in [0.1, 0.15) is 0 Å². The number of nitrogens with zero attached hydrogens (tertiary/aromatic N) is 5. The molecule has 0 fully saturated rings. The third-order valence-electron chi connectivity index (χ3n) is 10.1. The fourth-order valence-corrected chi connectivity index (χ4v) is 7.97. The summed E-state index contributed by atoms with van der Waals surface area (Å²) < 4.78 is 4.60. The van der Waals surface area contributed by atoms with Crippen LogP contribution in [0.15, 0.2) is 164 Å². The molecule has 50 heavy (non-hydrogen) atoms. The van der Waals surface area contributed by atoms with E-state index in [1.54, 1.807) is 0 Å². The Bertz CT molecular complexity index is 3040. The molecule has 5 heteroatoms. The van der Waals surface area contributed by atoms with Crippen molar-refractivity contribution in [3.8, 4) is 39.9 Å². The molecule has 5 nitrogen and oxygen atoms in total. The molecule has 0 aliphatic heterocycles. The van der Waals surface area contributed by atoms with Gasteiger partial charge < -0.3 is 4.40 Å². The third-order valence-corrected chi connectivity index (χ3v) is 10.1. The smallest absolute Gasteiger partial charge is 0.238 e. The second-order valence-corrected chi connectivity index (χ2v) is 12.9. The third kappa shape index (κ3) is 3.80. The minimum Gasteiger partial charge on any atom is -0.308 e. The normalized spacial score (nSPS) is 12.0. The largest absolute Gasteiger partial charge is 0.308 e. The Morgan fingerprint density at radius 1 is 0.340 bits per heavy atom. The second kappa shape index (κ2) is 10.3. The summed E-state index contributed by atoms with van der Waals surface area (Å²) in [4.78, 5) is 15.5. The summed E-state index contributed by atoms with van der Waals surface area (Å²) in [5, 5.41) is 7.41. The molecule has 0 N–H and O–H groups in total. The van der Waals surface area contributed by atoms with Gasteiger partial charge in [-0.15, -0.1) is 0 Å². The van der Waals surface area contributed by atoms with Crippen LogP contribution in [-0.4, -0.2) is 23.9 Å². The summed E-state index contributed by atoms with van der Waals surface area (Å²) in [5.41, 5.74) is 9.87. The van der Waals surface area contributed by atoms with Crippen molar-refractivity contribution in [3.63, 3.8) is 0 Å². The molecule has 4 aromatic heterocycles. The summed E-state index contributed by atoms with van der Waals surface area (Å²) in [5.74, 6) is 1.85. The van der Waals surface area contributed by atoms with E-state index in [0.29, 0.717) is 17.6 Å². The van der Waals surface area contributed by atoms with Crippen LogP contribution >= 0.6 is 0 Å². The summed E-state index contributed by atoms with van der Waals surface area (Å²) in [6, 6.07) is 57.7. The Morgan fingerprint density at radius 2 is 0.880 bits per heavy atom. The van der Waals surface area contributed by atoms with Crippen LogP contribution in [-0.2, 0) is 0 Å². The van der Waals surface area contributed by atoms with Crippen molar-refractivity contribution in [3.05, 3.63) is 164 Å². The van der Waals surface area contributed by atoms with Crippen LogP contribution in [0.3, 0.4) is 0 Å². The minimum absolute atomic E-state index is 0.590. The number of para-hydroxylation sites is 4. The van der Waals surface area contributed by atoms with Crippen molar-refractivity contribution in [2.45, 2.75) is 0 Å². The number of fused-ring (bicyclic) bond motifs is 9. The van der Waals surface area contributed by atoms with Crippen molar-refractivity contribution in [1.29, 1.82) is 0 Å². The molecule has 0 saturated carbocycles. The zero-order valence-electron chi connectivity index (χ0n) is 26.8. The fraction of sp³-hybridized carbons (Fsp3) is 0. The highest BCUT2D eigenvalue weighted by molar-refractivity contribution is 6.23. The van der Waals surface area contributed by atoms with E-state index in [1.807, 2.05) is 18.2 Å². The van der Waals surface area contributed by atoms with Crippen molar-refractivity contribution in [2.24, 2.45) is 0 Å². The monoisotopic (exact) mass is 637 g/mol. The highest BCUT2D eigenvalue weighted by Gasteiger charge is 2.21. The maximum Gasteiger partial charge on any atom is 0.238 e. The van der Waals surface area contributed by atoms with Gasteiger partial charge in [0, 0.05) is 43.4 Å². The van der Waals surface area contributed by atoms with Crippen molar-refractivity contribution in [2.75, 3.05) is 0 Å². The number of aromatic nitrogens is 5. The van der Waals surface area contributed by atoms with Gasteiger partial charge in [-0.1, -0.05) is 140 Å². The average molecular weight is 638 g/mol. The molecule has 0 aliphatic rings. The zero-order valence-corrected chi connectivity index (χ0v) is 26.8. The number of hydrogen-bond donors (Lipinski definition) is 0. The molecule has 11 aromatic rings. The van der Waals surface area contributed by atoms with E-state index >= 15 is 0 Å². The Hall–Kier alpha value is -6.85. The molecule has 0 amide bonds. The molecule has 0 bridgehead atoms. The Labute approximate surface area is 286 Å². The van der Waals surface area contributed by atoms with Crippen LogP contribution in [0, 0.1) is 0 Å². The molecule has 0 atom stereocenters. The number of rotatable bonds is 4.